The van der Waals surface area contributed by atoms with Crippen LogP contribution in [0.25, 0.3) is 0 Å². The van der Waals surface area contributed by atoms with Gasteiger partial charge in [0, 0.05) is 7.05 Å². The number of hydrogen-bond donors (Lipinski definition) is 1. The summed E-state index contributed by atoms with van der Waals surface area (Å²) in [5, 5.41) is 12.4. The van der Waals surface area contributed by atoms with Crippen molar-refractivity contribution >= 4 is 17.8 Å². The number of urea groups is 1. The van der Waals surface area contributed by atoms with E-state index in [2.05, 4.69) is 11.4 Å². The van der Waals surface area contributed by atoms with Gasteiger partial charge in [-0.15, -0.1) is 0 Å². The summed E-state index contributed by atoms with van der Waals surface area (Å²) in [5.41, 5.74) is -1.67. The van der Waals surface area contributed by atoms with Gasteiger partial charge in [-0.05, 0) is 37.5 Å². The Morgan fingerprint density at radius 1 is 1.23 bits per heavy atom. The Balaban J connectivity index is 1.53. The van der Waals surface area contributed by atoms with Gasteiger partial charge in [-0.2, -0.15) is 5.26 Å². The fraction of sp³-hybridized carbons (Fsp3) is 0.524. The monoisotopic (exact) mass is 412 g/mol. The molecule has 1 N–H and O–H groups in total. The third-order valence-corrected chi connectivity index (χ3v) is 6.42. The van der Waals surface area contributed by atoms with E-state index in [0.29, 0.717) is 29.9 Å². The molecule has 1 unspecified atom stereocenters. The lowest BCUT2D eigenvalue weighted by Crippen LogP contribution is -2.53. The molecule has 1 saturated heterocycles. The van der Waals surface area contributed by atoms with Crippen LogP contribution in [0.4, 0.5) is 4.79 Å². The molecule has 4 amide bonds. The molecule has 1 atom stereocenters. The van der Waals surface area contributed by atoms with Crippen LogP contribution < -0.4 is 14.8 Å². The first-order valence-electron chi connectivity index (χ1n) is 10.0. The maximum atomic E-state index is 13.2. The summed E-state index contributed by atoms with van der Waals surface area (Å²) in [6.45, 7) is 1.28. The molecule has 1 aliphatic carbocycles. The van der Waals surface area contributed by atoms with Crippen molar-refractivity contribution in [1.29, 1.82) is 5.26 Å². The zero-order valence-corrected chi connectivity index (χ0v) is 17.1. The zero-order chi connectivity index (χ0) is 21.5. The number of nitrogens with one attached hydrogen (secondary N) is 1. The molecule has 2 heterocycles. The number of ether oxygens (including phenoxy) is 2. The van der Waals surface area contributed by atoms with Crippen molar-refractivity contribution in [2.24, 2.45) is 0 Å². The summed E-state index contributed by atoms with van der Waals surface area (Å²) >= 11 is 0. The van der Waals surface area contributed by atoms with Crippen LogP contribution in [0, 0.1) is 11.3 Å². The first kappa shape index (κ1) is 20.0. The number of nitriles is 1. The van der Waals surface area contributed by atoms with Crippen molar-refractivity contribution in [1.82, 2.24) is 15.1 Å². The fourth-order valence-electron chi connectivity index (χ4n) is 4.38. The predicted molar refractivity (Wildman–Crippen MR) is 104 cm³/mol. The molecule has 9 heteroatoms. The molecule has 158 valence electrons. The number of carbonyl (C=O) groups excluding carboxylic acids is 3. The van der Waals surface area contributed by atoms with E-state index in [4.69, 9.17) is 9.47 Å². The van der Waals surface area contributed by atoms with E-state index in [9.17, 15) is 19.6 Å². The SMILES string of the molecule is CN(C(=O)CN1C(=O)NC(C)(c2ccc3c(c2)OCO3)C1=O)C1(C#N)CCCCC1. The Morgan fingerprint density at radius 3 is 2.63 bits per heavy atom. The first-order chi connectivity index (χ1) is 14.3. The average Bonchev–Trinajstić information content (AvgIpc) is 3.31. The fourth-order valence-corrected chi connectivity index (χ4v) is 4.38. The number of fused-ring (bicyclic) bond motifs is 1. The molecule has 0 bridgehead atoms. The van der Waals surface area contributed by atoms with E-state index in [1.807, 2.05) is 0 Å². The molecule has 2 aliphatic heterocycles. The van der Waals surface area contributed by atoms with Gasteiger partial charge in [0.15, 0.2) is 11.5 Å². The molecule has 0 radical (unpaired) electrons. The van der Waals surface area contributed by atoms with E-state index < -0.39 is 35.5 Å². The van der Waals surface area contributed by atoms with Gasteiger partial charge in [-0.25, -0.2) is 4.79 Å². The molecule has 30 heavy (non-hydrogen) atoms. The lowest BCUT2D eigenvalue weighted by Gasteiger charge is -2.39. The number of nitrogens with zero attached hydrogens (tertiary/aromatic N) is 3. The average molecular weight is 412 g/mol. The number of carbonyl (C=O) groups is 3. The van der Waals surface area contributed by atoms with Gasteiger partial charge in [-0.1, -0.05) is 25.3 Å². The van der Waals surface area contributed by atoms with E-state index in [0.717, 1.165) is 24.2 Å². The smallest absolute Gasteiger partial charge is 0.325 e. The highest BCUT2D eigenvalue weighted by molar-refractivity contribution is 6.09. The molecule has 2 fully saturated rings. The molecule has 1 aromatic carbocycles. The minimum absolute atomic E-state index is 0.101. The number of hydrogen-bond acceptors (Lipinski definition) is 6. The molecule has 0 aromatic heterocycles. The van der Waals surface area contributed by atoms with Crippen LogP contribution in [0.3, 0.4) is 0 Å². The van der Waals surface area contributed by atoms with E-state index in [1.165, 1.54) is 4.90 Å². The van der Waals surface area contributed by atoms with Crippen molar-refractivity contribution in [3.63, 3.8) is 0 Å². The molecule has 1 aromatic rings. The third-order valence-electron chi connectivity index (χ3n) is 6.42. The van der Waals surface area contributed by atoms with Gasteiger partial charge in [0.25, 0.3) is 5.91 Å². The van der Waals surface area contributed by atoms with Crippen LogP contribution in [0.2, 0.25) is 0 Å². The van der Waals surface area contributed by atoms with Crippen molar-refractivity contribution < 1.29 is 23.9 Å². The molecule has 4 rings (SSSR count). The number of amides is 4. The van der Waals surface area contributed by atoms with Crippen LogP contribution >= 0.6 is 0 Å². The highest BCUT2D eigenvalue weighted by Crippen LogP contribution is 2.38. The summed E-state index contributed by atoms with van der Waals surface area (Å²) in [6, 6.07) is 6.68. The summed E-state index contributed by atoms with van der Waals surface area (Å²) < 4.78 is 10.7. The Hall–Kier alpha value is -3.28. The van der Waals surface area contributed by atoms with Crippen LogP contribution in [0.5, 0.6) is 11.5 Å². The van der Waals surface area contributed by atoms with Crippen molar-refractivity contribution in [3.05, 3.63) is 23.8 Å². The quantitative estimate of drug-likeness (QED) is 0.756. The standard InChI is InChI=1S/C21H24N4O5/c1-20(14-6-7-15-16(10-14)30-13-29-15)18(27)25(19(28)23-20)11-17(26)24(2)21(12-22)8-4-3-5-9-21/h6-7,10H,3-5,8-9,11,13H2,1-2H3,(H,23,28). The largest absolute Gasteiger partial charge is 0.454 e. The maximum absolute atomic E-state index is 13.2. The van der Waals surface area contributed by atoms with Crippen molar-refractivity contribution in [2.45, 2.75) is 50.1 Å². The molecule has 1 saturated carbocycles. The summed E-state index contributed by atoms with van der Waals surface area (Å²) in [6.07, 6.45) is 3.97. The summed E-state index contributed by atoms with van der Waals surface area (Å²) in [7, 11) is 1.58. The minimum Gasteiger partial charge on any atom is -0.454 e. The Bertz CT molecular complexity index is 949. The van der Waals surface area contributed by atoms with E-state index in [-0.39, 0.29) is 6.79 Å². The maximum Gasteiger partial charge on any atom is 0.325 e. The summed E-state index contributed by atoms with van der Waals surface area (Å²) in [4.78, 5) is 41.0. The van der Waals surface area contributed by atoms with Crippen molar-refractivity contribution in [3.8, 4) is 17.6 Å². The summed E-state index contributed by atoms with van der Waals surface area (Å²) in [5.74, 6) is 0.111. The lowest BCUT2D eigenvalue weighted by molar-refractivity contribution is -0.141. The van der Waals surface area contributed by atoms with Gasteiger partial charge < -0.3 is 19.7 Å². The topological polar surface area (TPSA) is 112 Å². The van der Waals surface area contributed by atoms with Crippen LogP contribution in [0.1, 0.15) is 44.6 Å². The van der Waals surface area contributed by atoms with Gasteiger partial charge in [0.2, 0.25) is 12.7 Å². The lowest BCUT2D eigenvalue weighted by atomic mass is 9.81. The second kappa shape index (κ2) is 7.20. The second-order valence-corrected chi connectivity index (χ2v) is 8.17. The van der Waals surface area contributed by atoms with E-state index >= 15 is 0 Å². The molecule has 0 spiro atoms. The van der Waals surface area contributed by atoms with Crippen molar-refractivity contribution in [2.75, 3.05) is 20.4 Å². The third kappa shape index (κ3) is 3.03. The van der Waals surface area contributed by atoms with E-state index in [1.54, 1.807) is 32.2 Å². The number of benzene rings is 1. The molecular formula is C21H24N4O5. The highest BCUT2D eigenvalue weighted by Gasteiger charge is 2.51. The van der Waals surface area contributed by atoms with Crippen LogP contribution in [0.15, 0.2) is 18.2 Å². The first-order valence-corrected chi connectivity index (χ1v) is 10.0. The highest BCUT2D eigenvalue weighted by atomic mass is 16.7. The number of imide groups is 1. The van der Waals surface area contributed by atoms with Crippen LogP contribution in [-0.2, 0) is 15.1 Å². The molecular weight excluding hydrogens is 388 g/mol. The Labute approximate surface area is 174 Å². The minimum atomic E-state index is -1.32. The predicted octanol–water partition coefficient (Wildman–Crippen LogP) is 1.87. The normalized spacial score (nSPS) is 24.4. The van der Waals surface area contributed by atoms with Gasteiger partial charge in [-0.3, -0.25) is 14.5 Å². The number of likely N-dealkylation sites (N-methyl/N-ethyl adjacent to an activating group) is 1. The number of rotatable bonds is 4. The Kier molecular flexibility index (Phi) is 4.80. The van der Waals surface area contributed by atoms with Crippen LogP contribution in [-0.4, -0.2) is 53.6 Å². The van der Waals surface area contributed by atoms with Gasteiger partial charge >= 0.3 is 6.03 Å². The zero-order valence-electron chi connectivity index (χ0n) is 17.1. The molecule has 9 nitrogen and oxygen atoms in total. The molecule has 3 aliphatic rings. The van der Waals surface area contributed by atoms with Gasteiger partial charge in [0.1, 0.15) is 17.6 Å². The second-order valence-electron chi connectivity index (χ2n) is 8.17. The Morgan fingerprint density at radius 2 is 1.93 bits per heavy atom. The van der Waals surface area contributed by atoms with Gasteiger partial charge in [0.05, 0.1) is 6.07 Å².